The van der Waals surface area contributed by atoms with Gasteiger partial charge in [-0.05, 0) is 77.5 Å². The molecule has 3 fully saturated rings. The van der Waals surface area contributed by atoms with Crippen LogP contribution in [0.25, 0.3) is 0 Å². The second-order valence-corrected chi connectivity index (χ2v) is 7.45. The van der Waals surface area contributed by atoms with E-state index in [0.717, 1.165) is 24.0 Å². The molecule has 20 heavy (non-hydrogen) atoms. The van der Waals surface area contributed by atoms with E-state index in [1.165, 1.54) is 71.1 Å². The highest BCUT2D eigenvalue weighted by Crippen LogP contribution is 2.37. The van der Waals surface area contributed by atoms with Crippen LogP contribution in [0, 0.1) is 5.92 Å². The zero-order chi connectivity index (χ0) is 13.9. The summed E-state index contributed by atoms with van der Waals surface area (Å²) in [5.41, 5.74) is 0. The Bertz CT molecular complexity index is 285. The molecule has 3 heterocycles. The standard InChI is InChI=1S/C17H33N3/c1-3-8-18-15-11-16-4-5-17(12-15)20(16)13-14-6-9-19(2)10-7-14/h14-18H,3-13H2,1-2H3. The molecule has 0 radical (unpaired) electrons. The molecule has 3 rings (SSSR count). The number of hydrogen-bond donors (Lipinski definition) is 1. The molecular weight excluding hydrogens is 246 g/mol. The number of rotatable bonds is 5. The molecule has 2 unspecified atom stereocenters. The number of fused-ring (bicyclic) bond motifs is 2. The fraction of sp³-hybridized carbons (Fsp3) is 1.00. The molecule has 0 aliphatic carbocycles. The van der Waals surface area contributed by atoms with E-state index in [9.17, 15) is 0 Å². The van der Waals surface area contributed by atoms with Crippen LogP contribution >= 0.6 is 0 Å². The van der Waals surface area contributed by atoms with Crippen molar-refractivity contribution in [3.8, 4) is 0 Å². The maximum Gasteiger partial charge on any atom is 0.0114 e. The topological polar surface area (TPSA) is 18.5 Å². The predicted octanol–water partition coefficient (Wildman–Crippen LogP) is 2.32. The van der Waals surface area contributed by atoms with E-state index in [0.29, 0.717) is 0 Å². The Morgan fingerprint density at radius 2 is 1.65 bits per heavy atom. The lowest BCUT2D eigenvalue weighted by Crippen LogP contribution is -2.51. The lowest BCUT2D eigenvalue weighted by molar-refractivity contribution is 0.0795. The molecule has 116 valence electrons. The fourth-order valence-electron chi connectivity index (χ4n) is 4.63. The van der Waals surface area contributed by atoms with Gasteiger partial charge in [-0.3, -0.25) is 4.90 Å². The molecule has 1 N–H and O–H groups in total. The summed E-state index contributed by atoms with van der Waals surface area (Å²) in [7, 11) is 2.27. The lowest BCUT2D eigenvalue weighted by atomic mass is 9.92. The van der Waals surface area contributed by atoms with Gasteiger partial charge in [0, 0.05) is 24.7 Å². The summed E-state index contributed by atoms with van der Waals surface area (Å²) in [6, 6.07) is 2.59. The molecule has 0 spiro atoms. The van der Waals surface area contributed by atoms with Crippen molar-refractivity contribution >= 4 is 0 Å². The fourth-order valence-corrected chi connectivity index (χ4v) is 4.63. The Morgan fingerprint density at radius 1 is 1.00 bits per heavy atom. The third kappa shape index (κ3) is 3.37. The summed E-state index contributed by atoms with van der Waals surface area (Å²) < 4.78 is 0. The quantitative estimate of drug-likeness (QED) is 0.833. The average Bonchev–Trinajstić information content (AvgIpc) is 2.70. The van der Waals surface area contributed by atoms with Crippen molar-refractivity contribution in [1.29, 1.82) is 0 Å². The summed E-state index contributed by atoms with van der Waals surface area (Å²) in [4.78, 5) is 5.39. The molecule has 0 aromatic heterocycles. The summed E-state index contributed by atoms with van der Waals surface area (Å²) in [5, 5.41) is 3.77. The van der Waals surface area contributed by atoms with Gasteiger partial charge in [0.05, 0.1) is 0 Å². The van der Waals surface area contributed by atoms with Crippen molar-refractivity contribution in [1.82, 2.24) is 15.1 Å². The molecule has 3 aliphatic heterocycles. The summed E-state index contributed by atoms with van der Waals surface area (Å²) in [6.07, 6.45) is 9.84. The number of hydrogen-bond acceptors (Lipinski definition) is 3. The van der Waals surface area contributed by atoms with E-state index in [-0.39, 0.29) is 0 Å². The second-order valence-electron chi connectivity index (χ2n) is 7.45. The number of piperidine rings is 2. The average molecular weight is 279 g/mol. The minimum Gasteiger partial charge on any atom is -0.314 e. The van der Waals surface area contributed by atoms with Crippen LogP contribution in [-0.2, 0) is 0 Å². The minimum absolute atomic E-state index is 0.807. The van der Waals surface area contributed by atoms with Gasteiger partial charge < -0.3 is 10.2 Å². The van der Waals surface area contributed by atoms with E-state index in [4.69, 9.17) is 0 Å². The zero-order valence-electron chi connectivity index (χ0n) is 13.5. The molecule has 3 aliphatic rings. The van der Waals surface area contributed by atoms with E-state index in [2.05, 4.69) is 29.1 Å². The second kappa shape index (κ2) is 6.76. The van der Waals surface area contributed by atoms with Crippen LogP contribution in [0.1, 0.15) is 51.9 Å². The third-order valence-corrected chi connectivity index (χ3v) is 5.87. The Labute approximate surface area is 125 Å². The summed E-state index contributed by atoms with van der Waals surface area (Å²) in [5.74, 6) is 0.967. The van der Waals surface area contributed by atoms with Crippen LogP contribution in [0.4, 0.5) is 0 Å². The van der Waals surface area contributed by atoms with Crippen LogP contribution in [0.15, 0.2) is 0 Å². The van der Waals surface area contributed by atoms with Gasteiger partial charge in [0.15, 0.2) is 0 Å². The SMILES string of the molecule is CCCNC1CC2CCC(C1)N2CC1CCN(C)CC1. The maximum atomic E-state index is 3.77. The minimum atomic E-state index is 0.807. The van der Waals surface area contributed by atoms with Crippen molar-refractivity contribution < 1.29 is 0 Å². The molecule has 2 bridgehead atoms. The Kier molecular flexibility index (Phi) is 5.00. The first kappa shape index (κ1) is 14.8. The van der Waals surface area contributed by atoms with E-state index in [1.54, 1.807) is 0 Å². The highest BCUT2D eigenvalue weighted by molar-refractivity contribution is 4.98. The molecule has 3 nitrogen and oxygen atoms in total. The van der Waals surface area contributed by atoms with E-state index >= 15 is 0 Å². The molecule has 2 atom stereocenters. The first-order chi connectivity index (χ1) is 9.76. The van der Waals surface area contributed by atoms with Gasteiger partial charge in [0.25, 0.3) is 0 Å². The van der Waals surface area contributed by atoms with Gasteiger partial charge in [0.1, 0.15) is 0 Å². The Balaban J connectivity index is 1.49. The van der Waals surface area contributed by atoms with E-state index in [1.807, 2.05) is 0 Å². The number of likely N-dealkylation sites (tertiary alicyclic amines) is 1. The summed E-state index contributed by atoms with van der Waals surface area (Å²) >= 11 is 0. The van der Waals surface area contributed by atoms with Crippen molar-refractivity contribution in [3.05, 3.63) is 0 Å². The highest BCUT2D eigenvalue weighted by Gasteiger charge is 2.41. The van der Waals surface area contributed by atoms with Gasteiger partial charge in [-0.1, -0.05) is 6.92 Å². The smallest absolute Gasteiger partial charge is 0.0114 e. The predicted molar refractivity (Wildman–Crippen MR) is 85.1 cm³/mol. The first-order valence-corrected chi connectivity index (χ1v) is 8.94. The molecule has 0 aromatic carbocycles. The van der Waals surface area contributed by atoms with E-state index < -0.39 is 0 Å². The molecule has 3 saturated heterocycles. The van der Waals surface area contributed by atoms with Crippen LogP contribution in [0.5, 0.6) is 0 Å². The van der Waals surface area contributed by atoms with Crippen molar-refractivity contribution in [2.75, 3.05) is 33.2 Å². The van der Waals surface area contributed by atoms with Gasteiger partial charge in [-0.15, -0.1) is 0 Å². The third-order valence-electron chi connectivity index (χ3n) is 5.87. The van der Waals surface area contributed by atoms with Crippen molar-refractivity contribution in [2.45, 2.75) is 70.0 Å². The number of nitrogens with zero attached hydrogens (tertiary/aromatic N) is 2. The van der Waals surface area contributed by atoms with Crippen LogP contribution in [0.2, 0.25) is 0 Å². The molecule has 0 aromatic rings. The van der Waals surface area contributed by atoms with Crippen LogP contribution in [-0.4, -0.2) is 61.2 Å². The molecule has 0 saturated carbocycles. The van der Waals surface area contributed by atoms with Crippen molar-refractivity contribution in [2.24, 2.45) is 5.92 Å². The van der Waals surface area contributed by atoms with Gasteiger partial charge in [-0.2, -0.15) is 0 Å². The molecular formula is C17H33N3. The van der Waals surface area contributed by atoms with Gasteiger partial charge in [-0.25, -0.2) is 0 Å². The van der Waals surface area contributed by atoms with Crippen LogP contribution in [0.3, 0.4) is 0 Å². The maximum absolute atomic E-state index is 3.77. The first-order valence-electron chi connectivity index (χ1n) is 8.94. The zero-order valence-corrected chi connectivity index (χ0v) is 13.5. The lowest BCUT2D eigenvalue weighted by Gasteiger charge is -2.42. The highest BCUT2D eigenvalue weighted by atomic mass is 15.2. The van der Waals surface area contributed by atoms with Crippen molar-refractivity contribution in [3.63, 3.8) is 0 Å². The largest absolute Gasteiger partial charge is 0.314 e. The molecule has 0 amide bonds. The van der Waals surface area contributed by atoms with Gasteiger partial charge >= 0.3 is 0 Å². The summed E-state index contributed by atoms with van der Waals surface area (Å²) in [6.45, 7) is 7.50. The van der Waals surface area contributed by atoms with Gasteiger partial charge in [0.2, 0.25) is 0 Å². The number of nitrogens with one attached hydrogen (secondary N) is 1. The van der Waals surface area contributed by atoms with Crippen LogP contribution < -0.4 is 5.32 Å². The Hall–Kier alpha value is -0.120. The Morgan fingerprint density at radius 3 is 2.25 bits per heavy atom. The molecule has 3 heteroatoms. The monoisotopic (exact) mass is 279 g/mol. The normalized spacial score (nSPS) is 36.6.